The highest BCUT2D eigenvalue weighted by molar-refractivity contribution is 7.99. The van der Waals surface area contributed by atoms with Crippen molar-refractivity contribution in [2.24, 2.45) is 0 Å². The number of nitrogens with one attached hydrogen (secondary N) is 2. The van der Waals surface area contributed by atoms with Gasteiger partial charge in [-0.15, -0.1) is 0 Å². The van der Waals surface area contributed by atoms with Crippen molar-refractivity contribution in [1.29, 1.82) is 0 Å². The summed E-state index contributed by atoms with van der Waals surface area (Å²) >= 11 is 1.44. The Bertz CT molecular complexity index is 1170. The third-order valence-corrected chi connectivity index (χ3v) is 5.19. The van der Waals surface area contributed by atoms with Crippen LogP contribution in [0.3, 0.4) is 0 Å². The molecule has 7 heteroatoms. The van der Waals surface area contributed by atoms with E-state index in [0.717, 1.165) is 20.7 Å². The molecule has 0 aliphatic rings. The van der Waals surface area contributed by atoms with Crippen molar-refractivity contribution in [2.75, 3.05) is 5.32 Å². The fourth-order valence-electron chi connectivity index (χ4n) is 2.80. The number of nitrogens with zero attached hydrogens (tertiary/aromatic N) is 1. The van der Waals surface area contributed by atoms with Gasteiger partial charge in [0.2, 0.25) is 0 Å². The molecule has 6 nitrogen and oxygen atoms in total. The zero-order valence-electron chi connectivity index (χ0n) is 14.6. The maximum atomic E-state index is 12.6. The lowest BCUT2D eigenvalue weighted by Gasteiger charge is -2.07. The monoisotopic (exact) mass is 389 g/mol. The molecule has 0 atom stereocenters. The Hall–Kier alpha value is -3.58. The fraction of sp³-hybridized carbons (Fsp3) is 0. The molecule has 1 aromatic heterocycles. The van der Waals surface area contributed by atoms with E-state index in [2.05, 4.69) is 10.3 Å². The van der Waals surface area contributed by atoms with Crippen LogP contribution in [-0.2, 0) is 0 Å². The molecule has 0 spiro atoms. The standard InChI is InChI=1S/C21H15N3O3S/c25-21(23-16-5-4-14-10-11-22-20(14)13-16)15-2-1-3-19(12-15)28-18-8-6-17(7-9-18)24(26)27/h1-13,22H,(H,23,25). The van der Waals surface area contributed by atoms with Gasteiger partial charge in [0, 0.05) is 44.9 Å². The minimum Gasteiger partial charge on any atom is -0.361 e. The topological polar surface area (TPSA) is 88.0 Å². The second-order valence-corrected chi connectivity index (χ2v) is 7.26. The van der Waals surface area contributed by atoms with Crippen molar-refractivity contribution in [3.63, 3.8) is 0 Å². The normalized spacial score (nSPS) is 10.7. The number of H-pyrrole nitrogens is 1. The van der Waals surface area contributed by atoms with E-state index < -0.39 is 4.92 Å². The first-order valence-corrected chi connectivity index (χ1v) is 9.31. The lowest BCUT2D eigenvalue weighted by atomic mass is 10.2. The number of hydrogen-bond acceptors (Lipinski definition) is 4. The molecule has 1 amide bonds. The van der Waals surface area contributed by atoms with Gasteiger partial charge in [-0.05, 0) is 53.9 Å². The zero-order valence-corrected chi connectivity index (χ0v) is 15.4. The number of carbonyl (C=O) groups is 1. The van der Waals surface area contributed by atoms with Crippen LogP contribution >= 0.6 is 11.8 Å². The number of nitro groups is 1. The van der Waals surface area contributed by atoms with Crippen molar-refractivity contribution in [1.82, 2.24) is 4.98 Å². The predicted octanol–water partition coefficient (Wildman–Crippen LogP) is 5.48. The summed E-state index contributed by atoms with van der Waals surface area (Å²) in [5.74, 6) is -0.197. The Balaban J connectivity index is 1.49. The average Bonchev–Trinajstić information content (AvgIpc) is 3.16. The highest BCUT2D eigenvalue weighted by Crippen LogP contribution is 2.29. The van der Waals surface area contributed by atoms with Crippen molar-refractivity contribution >= 4 is 39.9 Å². The largest absolute Gasteiger partial charge is 0.361 e. The number of aromatic nitrogens is 1. The summed E-state index contributed by atoms with van der Waals surface area (Å²) < 4.78 is 0. The lowest BCUT2D eigenvalue weighted by Crippen LogP contribution is -2.11. The van der Waals surface area contributed by atoms with E-state index in [1.54, 1.807) is 24.3 Å². The molecule has 0 saturated heterocycles. The number of nitro benzene ring substituents is 1. The molecule has 4 rings (SSSR count). The number of aromatic amines is 1. The fourth-order valence-corrected chi connectivity index (χ4v) is 3.68. The van der Waals surface area contributed by atoms with Gasteiger partial charge >= 0.3 is 0 Å². The average molecular weight is 389 g/mol. The Morgan fingerprint density at radius 1 is 0.964 bits per heavy atom. The number of carbonyl (C=O) groups excluding carboxylic acids is 1. The molecule has 0 saturated carbocycles. The second-order valence-electron chi connectivity index (χ2n) is 6.11. The summed E-state index contributed by atoms with van der Waals surface area (Å²) in [4.78, 5) is 27.8. The van der Waals surface area contributed by atoms with Crippen LogP contribution < -0.4 is 5.32 Å². The van der Waals surface area contributed by atoms with Crippen LogP contribution in [0.1, 0.15) is 10.4 Å². The first-order valence-electron chi connectivity index (χ1n) is 8.49. The summed E-state index contributed by atoms with van der Waals surface area (Å²) in [6.45, 7) is 0. The van der Waals surface area contributed by atoms with Crippen LogP contribution in [-0.4, -0.2) is 15.8 Å². The highest BCUT2D eigenvalue weighted by Gasteiger charge is 2.09. The quantitative estimate of drug-likeness (QED) is 0.349. The van der Waals surface area contributed by atoms with Crippen LogP contribution in [0.25, 0.3) is 10.9 Å². The van der Waals surface area contributed by atoms with Gasteiger partial charge in [-0.1, -0.05) is 23.9 Å². The third kappa shape index (κ3) is 3.89. The van der Waals surface area contributed by atoms with Crippen LogP contribution in [0.2, 0.25) is 0 Å². The number of hydrogen-bond donors (Lipinski definition) is 2. The summed E-state index contributed by atoms with van der Waals surface area (Å²) in [6, 6.07) is 21.3. The molecular formula is C21H15N3O3S. The van der Waals surface area contributed by atoms with Gasteiger partial charge in [0.25, 0.3) is 11.6 Å². The van der Waals surface area contributed by atoms with Gasteiger partial charge in [0.05, 0.1) is 4.92 Å². The predicted molar refractivity (Wildman–Crippen MR) is 110 cm³/mol. The van der Waals surface area contributed by atoms with Gasteiger partial charge in [-0.25, -0.2) is 0 Å². The Morgan fingerprint density at radius 3 is 2.57 bits per heavy atom. The molecule has 0 aliphatic heterocycles. The van der Waals surface area contributed by atoms with E-state index in [1.807, 2.05) is 42.6 Å². The first kappa shape index (κ1) is 17.8. The van der Waals surface area contributed by atoms with E-state index in [0.29, 0.717) is 11.3 Å². The maximum absolute atomic E-state index is 12.6. The number of benzene rings is 3. The maximum Gasteiger partial charge on any atom is 0.269 e. The van der Waals surface area contributed by atoms with E-state index in [4.69, 9.17) is 0 Å². The minimum atomic E-state index is -0.427. The Labute approximate surface area is 164 Å². The van der Waals surface area contributed by atoms with Gasteiger partial charge in [-0.3, -0.25) is 14.9 Å². The lowest BCUT2D eigenvalue weighted by molar-refractivity contribution is -0.384. The zero-order chi connectivity index (χ0) is 19.5. The van der Waals surface area contributed by atoms with Crippen molar-refractivity contribution in [3.8, 4) is 0 Å². The van der Waals surface area contributed by atoms with Crippen LogP contribution in [0, 0.1) is 10.1 Å². The van der Waals surface area contributed by atoms with E-state index in [1.165, 1.54) is 23.9 Å². The van der Waals surface area contributed by atoms with Gasteiger partial charge < -0.3 is 10.3 Å². The minimum absolute atomic E-state index is 0.0523. The highest BCUT2D eigenvalue weighted by atomic mass is 32.2. The van der Waals surface area contributed by atoms with Crippen LogP contribution in [0.15, 0.2) is 88.8 Å². The molecule has 3 aromatic carbocycles. The number of fused-ring (bicyclic) bond motifs is 1. The molecule has 0 bridgehead atoms. The third-order valence-electron chi connectivity index (χ3n) is 4.19. The SMILES string of the molecule is O=C(Nc1ccc2cc[nH]c2c1)c1cccc(Sc2ccc([N+](=O)[O-])cc2)c1. The van der Waals surface area contributed by atoms with Crippen LogP contribution in [0.4, 0.5) is 11.4 Å². The molecule has 1 heterocycles. The molecule has 0 fully saturated rings. The molecule has 0 radical (unpaired) electrons. The van der Waals surface area contributed by atoms with E-state index >= 15 is 0 Å². The molecule has 138 valence electrons. The molecule has 2 N–H and O–H groups in total. The van der Waals surface area contributed by atoms with E-state index in [-0.39, 0.29) is 11.6 Å². The Morgan fingerprint density at radius 2 is 1.79 bits per heavy atom. The Kier molecular flexibility index (Phi) is 4.82. The smallest absolute Gasteiger partial charge is 0.269 e. The van der Waals surface area contributed by atoms with E-state index in [9.17, 15) is 14.9 Å². The molecule has 28 heavy (non-hydrogen) atoms. The first-order chi connectivity index (χ1) is 13.6. The van der Waals surface area contributed by atoms with Crippen molar-refractivity contribution < 1.29 is 9.72 Å². The van der Waals surface area contributed by atoms with Gasteiger partial charge in [-0.2, -0.15) is 0 Å². The van der Waals surface area contributed by atoms with Gasteiger partial charge in [0.1, 0.15) is 0 Å². The van der Waals surface area contributed by atoms with Crippen LogP contribution in [0.5, 0.6) is 0 Å². The number of amides is 1. The van der Waals surface area contributed by atoms with Crippen molar-refractivity contribution in [2.45, 2.75) is 9.79 Å². The number of non-ortho nitro benzene ring substituents is 1. The number of anilines is 1. The summed E-state index contributed by atoms with van der Waals surface area (Å²) in [7, 11) is 0. The molecule has 0 aliphatic carbocycles. The summed E-state index contributed by atoms with van der Waals surface area (Å²) in [5.41, 5.74) is 2.27. The summed E-state index contributed by atoms with van der Waals surface area (Å²) in [5, 5.41) is 14.7. The van der Waals surface area contributed by atoms with Gasteiger partial charge in [0.15, 0.2) is 0 Å². The van der Waals surface area contributed by atoms with Crippen molar-refractivity contribution in [3.05, 3.63) is 94.7 Å². The second kappa shape index (κ2) is 7.58. The summed E-state index contributed by atoms with van der Waals surface area (Å²) in [6.07, 6.45) is 1.86. The molecular weight excluding hydrogens is 374 g/mol. The molecule has 0 unspecified atom stereocenters. The molecule has 4 aromatic rings. The number of rotatable bonds is 5.